The van der Waals surface area contributed by atoms with Gasteiger partial charge in [0.15, 0.2) is 0 Å². The summed E-state index contributed by atoms with van der Waals surface area (Å²) >= 11 is 0. The van der Waals surface area contributed by atoms with Crippen molar-refractivity contribution in [2.45, 2.75) is 63.8 Å². The molecule has 3 aliphatic rings. The van der Waals surface area contributed by atoms with Crippen molar-refractivity contribution in [2.75, 3.05) is 36.0 Å². The van der Waals surface area contributed by atoms with Gasteiger partial charge in [-0.1, -0.05) is 12.8 Å². The van der Waals surface area contributed by atoms with Crippen molar-refractivity contribution in [3.63, 3.8) is 0 Å². The second-order valence-electron chi connectivity index (χ2n) is 8.14. The summed E-state index contributed by atoms with van der Waals surface area (Å²) in [6, 6.07) is 2.36. The van der Waals surface area contributed by atoms with E-state index in [1.807, 2.05) is 0 Å². The van der Waals surface area contributed by atoms with Gasteiger partial charge in [-0.15, -0.1) is 0 Å². The summed E-state index contributed by atoms with van der Waals surface area (Å²) in [7, 11) is 0. The first-order valence-electron chi connectivity index (χ1n) is 10.4. The van der Waals surface area contributed by atoms with Gasteiger partial charge >= 0.3 is 0 Å². The van der Waals surface area contributed by atoms with E-state index >= 15 is 0 Å². The number of hydrogen-bond donors (Lipinski definition) is 1. The summed E-state index contributed by atoms with van der Waals surface area (Å²) in [5, 5.41) is 3.28. The molecule has 26 heavy (non-hydrogen) atoms. The molecule has 6 heteroatoms. The number of carbonyl (C=O) groups excluding carboxylic acids is 1. The molecular formula is C20H31N5O. The Labute approximate surface area is 156 Å². The van der Waals surface area contributed by atoms with Gasteiger partial charge in [0.2, 0.25) is 5.91 Å². The van der Waals surface area contributed by atoms with Gasteiger partial charge in [-0.05, 0) is 44.4 Å². The van der Waals surface area contributed by atoms with Gasteiger partial charge < -0.3 is 15.1 Å². The zero-order valence-electron chi connectivity index (χ0n) is 15.7. The number of anilines is 2. The van der Waals surface area contributed by atoms with Crippen LogP contribution in [0.4, 0.5) is 11.6 Å². The van der Waals surface area contributed by atoms with Crippen LogP contribution >= 0.6 is 0 Å². The lowest BCUT2D eigenvalue weighted by molar-refractivity contribution is -0.122. The second kappa shape index (κ2) is 8.23. The Kier molecular flexibility index (Phi) is 5.56. The van der Waals surface area contributed by atoms with Crippen molar-refractivity contribution in [2.24, 2.45) is 5.92 Å². The quantitative estimate of drug-likeness (QED) is 0.878. The average Bonchev–Trinajstić information content (AvgIpc) is 3.36. The van der Waals surface area contributed by atoms with E-state index in [2.05, 4.69) is 31.2 Å². The first-order chi connectivity index (χ1) is 12.8. The number of amides is 1. The molecule has 6 nitrogen and oxygen atoms in total. The zero-order chi connectivity index (χ0) is 17.8. The van der Waals surface area contributed by atoms with Gasteiger partial charge in [0, 0.05) is 44.7 Å². The molecule has 2 saturated heterocycles. The minimum Gasteiger partial charge on any atom is -0.356 e. The molecule has 3 heterocycles. The highest BCUT2D eigenvalue weighted by Crippen LogP contribution is 2.28. The Hall–Kier alpha value is -1.85. The van der Waals surface area contributed by atoms with Gasteiger partial charge in [0.1, 0.15) is 18.0 Å². The molecule has 1 aromatic heterocycles. The van der Waals surface area contributed by atoms with Crippen molar-refractivity contribution in [3.05, 3.63) is 12.4 Å². The fourth-order valence-corrected chi connectivity index (χ4v) is 4.70. The third-order valence-electron chi connectivity index (χ3n) is 6.13. The molecule has 1 aromatic rings. The minimum absolute atomic E-state index is 0.239. The fraction of sp³-hybridized carbons (Fsp3) is 0.750. The van der Waals surface area contributed by atoms with E-state index in [0.717, 1.165) is 50.7 Å². The molecule has 1 amide bonds. The van der Waals surface area contributed by atoms with Crippen LogP contribution in [0.25, 0.3) is 0 Å². The number of carbonyl (C=O) groups is 1. The lowest BCUT2D eigenvalue weighted by Crippen LogP contribution is -2.48. The second-order valence-corrected chi connectivity index (χ2v) is 8.14. The lowest BCUT2D eigenvalue weighted by Gasteiger charge is -2.34. The molecule has 142 valence electrons. The molecule has 1 saturated carbocycles. The predicted octanol–water partition coefficient (Wildman–Crippen LogP) is 2.74. The maximum Gasteiger partial charge on any atom is 0.220 e. The monoisotopic (exact) mass is 357 g/mol. The first kappa shape index (κ1) is 17.6. The topological polar surface area (TPSA) is 61.4 Å². The molecular weight excluding hydrogens is 326 g/mol. The Balaban J connectivity index is 1.34. The van der Waals surface area contributed by atoms with E-state index in [4.69, 9.17) is 0 Å². The first-order valence-corrected chi connectivity index (χ1v) is 10.4. The number of nitrogens with one attached hydrogen (secondary N) is 1. The van der Waals surface area contributed by atoms with Crippen LogP contribution in [0.15, 0.2) is 12.4 Å². The van der Waals surface area contributed by atoms with Crippen LogP contribution in [0.3, 0.4) is 0 Å². The Morgan fingerprint density at radius 1 is 0.962 bits per heavy atom. The molecule has 0 aromatic carbocycles. The molecule has 0 radical (unpaired) electrons. The Bertz CT molecular complexity index is 610. The Morgan fingerprint density at radius 3 is 2.42 bits per heavy atom. The summed E-state index contributed by atoms with van der Waals surface area (Å²) < 4.78 is 0. The van der Waals surface area contributed by atoms with Crippen LogP contribution in [0, 0.1) is 5.92 Å². The van der Waals surface area contributed by atoms with Gasteiger partial charge in [-0.25, -0.2) is 9.97 Å². The van der Waals surface area contributed by atoms with Crippen LogP contribution in [-0.2, 0) is 4.79 Å². The molecule has 1 aliphatic carbocycles. The Morgan fingerprint density at radius 2 is 1.65 bits per heavy atom. The smallest absolute Gasteiger partial charge is 0.220 e. The minimum atomic E-state index is 0.239. The average molecular weight is 358 g/mol. The number of nitrogens with zero attached hydrogens (tertiary/aromatic N) is 4. The van der Waals surface area contributed by atoms with E-state index in [0.29, 0.717) is 12.3 Å². The maximum absolute atomic E-state index is 12.4. The van der Waals surface area contributed by atoms with Crippen LogP contribution in [0.1, 0.15) is 57.8 Å². The third-order valence-corrected chi connectivity index (χ3v) is 6.13. The molecule has 3 fully saturated rings. The fourth-order valence-electron chi connectivity index (χ4n) is 4.70. The van der Waals surface area contributed by atoms with E-state index in [1.165, 1.54) is 38.5 Å². The molecule has 0 spiro atoms. The SMILES string of the molecule is O=C(CC1CCCC1)NC1CCCN(c2cc(N3CCCC3)ncn2)C1. The summed E-state index contributed by atoms with van der Waals surface area (Å²) in [6.45, 7) is 4.05. The van der Waals surface area contributed by atoms with Crippen molar-refractivity contribution in [1.29, 1.82) is 0 Å². The summed E-state index contributed by atoms with van der Waals surface area (Å²) in [5.41, 5.74) is 0. The normalized spacial score (nSPS) is 24.2. The summed E-state index contributed by atoms with van der Waals surface area (Å²) in [6.07, 6.45) is 12.1. The van der Waals surface area contributed by atoms with Crippen molar-refractivity contribution >= 4 is 17.5 Å². The van der Waals surface area contributed by atoms with Gasteiger partial charge in [0.25, 0.3) is 0 Å². The van der Waals surface area contributed by atoms with Crippen LogP contribution in [0.2, 0.25) is 0 Å². The van der Waals surface area contributed by atoms with Gasteiger partial charge in [0.05, 0.1) is 0 Å². The van der Waals surface area contributed by atoms with Crippen molar-refractivity contribution < 1.29 is 4.79 Å². The molecule has 1 unspecified atom stereocenters. The number of aromatic nitrogens is 2. The zero-order valence-corrected chi connectivity index (χ0v) is 15.7. The van der Waals surface area contributed by atoms with Crippen LogP contribution in [0.5, 0.6) is 0 Å². The molecule has 0 bridgehead atoms. The van der Waals surface area contributed by atoms with Crippen LogP contribution < -0.4 is 15.1 Å². The third kappa shape index (κ3) is 4.27. The lowest BCUT2D eigenvalue weighted by atomic mass is 10.0. The van der Waals surface area contributed by atoms with Gasteiger partial charge in [-0.3, -0.25) is 4.79 Å². The highest BCUT2D eigenvalue weighted by molar-refractivity contribution is 5.76. The highest BCUT2D eigenvalue weighted by atomic mass is 16.1. The standard InChI is InChI=1S/C20H31N5O/c26-20(12-16-6-1-2-7-16)23-17-8-5-11-25(14-17)19-13-18(21-15-22-19)24-9-3-4-10-24/h13,15-17H,1-12,14H2,(H,23,26). The highest BCUT2D eigenvalue weighted by Gasteiger charge is 2.25. The van der Waals surface area contributed by atoms with Crippen LogP contribution in [-0.4, -0.2) is 48.1 Å². The molecule has 2 aliphatic heterocycles. The summed E-state index contributed by atoms with van der Waals surface area (Å²) in [5.74, 6) is 2.89. The van der Waals surface area contributed by atoms with E-state index in [1.54, 1.807) is 6.33 Å². The molecule has 1 atom stereocenters. The number of rotatable bonds is 5. The maximum atomic E-state index is 12.4. The van der Waals surface area contributed by atoms with Crippen molar-refractivity contribution in [1.82, 2.24) is 15.3 Å². The van der Waals surface area contributed by atoms with Gasteiger partial charge in [-0.2, -0.15) is 0 Å². The van der Waals surface area contributed by atoms with E-state index < -0.39 is 0 Å². The van der Waals surface area contributed by atoms with E-state index in [-0.39, 0.29) is 11.9 Å². The number of piperidine rings is 1. The predicted molar refractivity (Wildman–Crippen MR) is 103 cm³/mol. The molecule has 1 N–H and O–H groups in total. The molecule has 4 rings (SSSR count). The largest absolute Gasteiger partial charge is 0.356 e. The summed E-state index contributed by atoms with van der Waals surface area (Å²) in [4.78, 5) is 26.0. The number of hydrogen-bond acceptors (Lipinski definition) is 5. The van der Waals surface area contributed by atoms with E-state index in [9.17, 15) is 4.79 Å². The van der Waals surface area contributed by atoms with Crippen molar-refractivity contribution in [3.8, 4) is 0 Å².